The lowest BCUT2D eigenvalue weighted by atomic mass is 10.1. The summed E-state index contributed by atoms with van der Waals surface area (Å²) in [5.41, 5.74) is 2.67. The smallest absolute Gasteiger partial charge is 0.255 e. The normalized spacial score (nSPS) is 15.2. The summed E-state index contributed by atoms with van der Waals surface area (Å²) in [5, 5.41) is 5.33. The molecule has 132 valence electrons. The van der Waals surface area contributed by atoms with Crippen molar-refractivity contribution in [2.45, 2.75) is 0 Å². The number of benzene rings is 3. The lowest BCUT2D eigenvalue weighted by Crippen LogP contribution is -3.12. The molecule has 0 aliphatic carbocycles. The van der Waals surface area contributed by atoms with Crippen molar-refractivity contribution < 1.29 is 9.69 Å². The van der Waals surface area contributed by atoms with E-state index in [2.05, 4.69) is 29.4 Å². The average Bonchev–Trinajstić information content (AvgIpc) is 2.69. The van der Waals surface area contributed by atoms with E-state index < -0.39 is 0 Å². The maximum atomic E-state index is 12.8. The summed E-state index contributed by atoms with van der Waals surface area (Å²) in [7, 11) is 2.23. The van der Waals surface area contributed by atoms with Gasteiger partial charge in [0.2, 0.25) is 0 Å². The molecule has 0 atom stereocenters. The van der Waals surface area contributed by atoms with Crippen LogP contribution in [0.1, 0.15) is 10.4 Å². The van der Waals surface area contributed by atoms with Crippen LogP contribution in [0.3, 0.4) is 0 Å². The molecule has 1 fully saturated rings. The third kappa shape index (κ3) is 3.41. The first-order chi connectivity index (χ1) is 12.7. The molecular formula is C22H24N3O+. The zero-order valence-electron chi connectivity index (χ0n) is 15.0. The van der Waals surface area contributed by atoms with Crippen LogP contribution in [-0.2, 0) is 0 Å². The van der Waals surface area contributed by atoms with Crippen LogP contribution in [0.2, 0.25) is 0 Å². The fraction of sp³-hybridized carbons (Fsp3) is 0.227. The number of likely N-dealkylation sites (N-methyl/N-ethyl adjacent to an activating group) is 1. The summed E-state index contributed by atoms with van der Waals surface area (Å²) >= 11 is 0. The van der Waals surface area contributed by atoms with Gasteiger partial charge in [-0.05, 0) is 35.0 Å². The van der Waals surface area contributed by atoms with E-state index in [9.17, 15) is 4.79 Å². The Hall–Kier alpha value is -2.85. The van der Waals surface area contributed by atoms with Crippen LogP contribution in [-0.4, -0.2) is 39.1 Å². The Morgan fingerprint density at radius 3 is 2.42 bits per heavy atom. The molecule has 2 N–H and O–H groups in total. The first-order valence-electron chi connectivity index (χ1n) is 9.16. The molecule has 0 unspecified atom stereocenters. The number of para-hydroxylation sites is 2. The highest BCUT2D eigenvalue weighted by molar-refractivity contribution is 6.07. The Balaban J connectivity index is 1.57. The number of carbonyl (C=O) groups excluding carboxylic acids is 1. The van der Waals surface area contributed by atoms with E-state index in [1.54, 1.807) is 4.90 Å². The van der Waals surface area contributed by atoms with Crippen LogP contribution in [0.15, 0.2) is 66.7 Å². The van der Waals surface area contributed by atoms with Gasteiger partial charge >= 0.3 is 0 Å². The second kappa shape index (κ2) is 7.18. The molecule has 0 spiro atoms. The second-order valence-electron chi connectivity index (χ2n) is 6.98. The van der Waals surface area contributed by atoms with Crippen LogP contribution in [0.25, 0.3) is 10.8 Å². The molecule has 0 saturated carbocycles. The number of anilines is 2. The molecule has 1 saturated heterocycles. The molecule has 0 bridgehead atoms. The van der Waals surface area contributed by atoms with E-state index >= 15 is 0 Å². The van der Waals surface area contributed by atoms with Crippen molar-refractivity contribution in [1.29, 1.82) is 0 Å². The Bertz CT molecular complexity index is 929. The van der Waals surface area contributed by atoms with Crippen LogP contribution < -0.4 is 15.1 Å². The fourth-order valence-electron chi connectivity index (χ4n) is 3.51. The lowest BCUT2D eigenvalue weighted by Gasteiger charge is -2.33. The van der Waals surface area contributed by atoms with Gasteiger partial charge in [-0.1, -0.05) is 42.5 Å². The number of hydrogen-bond donors (Lipinski definition) is 2. The predicted molar refractivity (Wildman–Crippen MR) is 107 cm³/mol. The molecule has 0 radical (unpaired) electrons. The predicted octanol–water partition coefficient (Wildman–Crippen LogP) is 2.43. The highest BCUT2D eigenvalue weighted by Crippen LogP contribution is 2.26. The van der Waals surface area contributed by atoms with E-state index in [4.69, 9.17) is 0 Å². The largest absolute Gasteiger partial charge is 0.359 e. The number of nitrogens with zero attached hydrogens (tertiary/aromatic N) is 1. The Morgan fingerprint density at radius 1 is 0.923 bits per heavy atom. The molecule has 0 aromatic heterocycles. The number of hydrogen-bond acceptors (Lipinski definition) is 2. The third-order valence-electron chi connectivity index (χ3n) is 5.12. The van der Waals surface area contributed by atoms with Crippen LogP contribution in [0, 0.1) is 0 Å². The van der Waals surface area contributed by atoms with Gasteiger partial charge in [0.05, 0.1) is 44.6 Å². The van der Waals surface area contributed by atoms with Crippen molar-refractivity contribution in [1.82, 2.24) is 0 Å². The number of piperazine rings is 1. The van der Waals surface area contributed by atoms with Gasteiger partial charge < -0.3 is 15.1 Å². The van der Waals surface area contributed by atoms with Crippen LogP contribution in [0.4, 0.5) is 11.4 Å². The molecule has 4 nitrogen and oxygen atoms in total. The van der Waals surface area contributed by atoms with Gasteiger partial charge in [0.25, 0.3) is 5.91 Å². The number of quaternary nitrogens is 1. The average molecular weight is 346 g/mol. The molecule has 26 heavy (non-hydrogen) atoms. The van der Waals surface area contributed by atoms with Crippen molar-refractivity contribution in [3.8, 4) is 0 Å². The van der Waals surface area contributed by atoms with Crippen molar-refractivity contribution >= 4 is 28.1 Å². The van der Waals surface area contributed by atoms with Gasteiger partial charge in [0, 0.05) is 5.56 Å². The molecule has 4 rings (SSSR count). The lowest BCUT2D eigenvalue weighted by molar-refractivity contribution is -0.880. The van der Waals surface area contributed by atoms with E-state index in [0.29, 0.717) is 5.56 Å². The Morgan fingerprint density at radius 2 is 1.62 bits per heavy atom. The SMILES string of the molecule is C[NH+]1CCN(c2ccccc2NC(=O)c2ccc3ccccc3c2)CC1. The molecule has 4 heteroatoms. The Kier molecular flexibility index (Phi) is 4.59. The summed E-state index contributed by atoms with van der Waals surface area (Å²) in [6, 6.07) is 22.0. The van der Waals surface area contributed by atoms with Crippen molar-refractivity contribution in [3.63, 3.8) is 0 Å². The second-order valence-corrected chi connectivity index (χ2v) is 6.98. The maximum absolute atomic E-state index is 12.8. The van der Waals surface area contributed by atoms with Crippen molar-refractivity contribution in [2.75, 3.05) is 43.4 Å². The topological polar surface area (TPSA) is 36.8 Å². The highest BCUT2D eigenvalue weighted by atomic mass is 16.1. The maximum Gasteiger partial charge on any atom is 0.255 e. The summed E-state index contributed by atoms with van der Waals surface area (Å²) in [5.74, 6) is -0.0667. The minimum Gasteiger partial charge on any atom is -0.359 e. The first-order valence-corrected chi connectivity index (χ1v) is 9.16. The standard InChI is InChI=1S/C22H23N3O/c1-24-12-14-25(15-13-24)21-9-5-4-8-20(21)23-22(26)19-11-10-17-6-2-3-7-18(17)16-19/h2-11,16H,12-15H2,1H3,(H,23,26)/p+1. The molecule has 3 aromatic rings. The summed E-state index contributed by atoms with van der Waals surface area (Å²) in [4.78, 5) is 16.7. The molecule has 1 amide bonds. The molecule has 3 aromatic carbocycles. The zero-order valence-corrected chi connectivity index (χ0v) is 15.0. The van der Waals surface area contributed by atoms with Gasteiger partial charge in [-0.3, -0.25) is 4.79 Å². The summed E-state index contributed by atoms with van der Waals surface area (Å²) in [6.45, 7) is 4.25. The minimum absolute atomic E-state index is 0.0667. The molecule has 1 aliphatic heterocycles. The van der Waals surface area contributed by atoms with Crippen molar-refractivity contribution in [2.24, 2.45) is 0 Å². The molecular weight excluding hydrogens is 322 g/mol. The van der Waals surface area contributed by atoms with E-state index in [0.717, 1.165) is 48.3 Å². The summed E-state index contributed by atoms with van der Waals surface area (Å²) < 4.78 is 0. The summed E-state index contributed by atoms with van der Waals surface area (Å²) in [6.07, 6.45) is 0. The monoisotopic (exact) mass is 346 g/mol. The number of rotatable bonds is 3. The Labute approximate surface area is 154 Å². The van der Waals surface area contributed by atoms with Crippen LogP contribution >= 0.6 is 0 Å². The van der Waals surface area contributed by atoms with E-state index in [1.165, 1.54) is 0 Å². The fourth-order valence-corrected chi connectivity index (χ4v) is 3.51. The van der Waals surface area contributed by atoms with E-state index in [-0.39, 0.29) is 5.91 Å². The molecule has 1 aliphatic rings. The van der Waals surface area contributed by atoms with Gasteiger partial charge in [-0.25, -0.2) is 0 Å². The quantitative estimate of drug-likeness (QED) is 0.764. The number of nitrogens with one attached hydrogen (secondary N) is 2. The minimum atomic E-state index is -0.0667. The van der Waals surface area contributed by atoms with Crippen LogP contribution in [0.5, 0.6) is 0 Å². The number of amides is 1. The number of carbonyl (C=O) groups is 1. The van der Waals surface area contributed by atoms with Gasteiger partial charge in [-0.15, -0.1) is 0 Å². The molecule has 1 heterocycles. The van der Waals surface area contributed by atoms with Gasteiger partial charge in [0.1, 0.15) is 0 Å². The highest BCUT2D eigenvalue weighted by Gasteiger charge is 2.20. The van der Waals surface area contributed by atoms with E-state index in [1.807, 2.05) is 54.6 Å². The van der Waals surface area contributed by atoms with Gasteiger partial charge in [0.15, 0.2) is 0 Å². The first kappa shape index (κ1) is 16.6. The van der Waals surface area contributed by atoms with Crippen molar-refractivity contribution in [3.05, 3.63) is 72.3 Å². The zero-order chi connectivity index (χ0) is 17.9. The van der Waals surface area contributed by atoms with Gasteiger partial charge in [-0.2, -0.15) is 0 Å². The third-order valence-corrected chi connectivity index (χ3v) is 5.12. The number of fused-ring (bicyclic) bond motifs is 1.